The first-order valence-corrected chi connectivity index (χ1v) is 9.42. The standard InChI is InChI=1S/C21H19Cl2NO4/c1-10(2)14-8-15-12(5-19(25)28-18(15)4-11(14)3)9-27-21(26)16-6-13(22)7-17(23)20(16)24/h4-8,10H,9,24H2,1-3H3. The third kappa shape index (κ3) is 4.01. The monoisotopic (exact) mass is 419 g/mol. The van der Waals surface area contributed by atoms with Gasteiger partial charge in [0.2, 0.25) is 0 Å². The number of hydrogen-bond acceptors (Lipinski definition) is 5. The lowest BCUT2D eigenvalue weighted by molar-refractivity contribution is 0.0475. The van der Waals surface area contributed by atoms with E-state index in [1.54, 1.807) is 0 Å². The number of benzene rings is 2. The SMILES string of the molecule is Cc1cc2oc(=O)cc(COC(=O)c3cc(Cl)cc(Cl)c3N)c2cc1C(C)C. The lowest BCUT2D eigenvalue weighted by Gasteiger charge is -2.13. The van der Waals surface area contributed by atoms with Crippen LogP contribution in [0.1, 0.15) is 46.8 Å². The lowest BCUT2D eigenvalue weighted by Crippen LogP contribution is -2.10. The van der Waals surface area contributed by atoms with Crippen molar-refractivity contribution >= 4 is 45.8 Å². The maximum absolute atomic E-state index is 12.5. The topological polar surface area (TPSA) is 82.5 Å². The molecule has 0 saturated heterocycles. The molecule has 5 nitrogen and oxygen atoms in total. The van der Waals surface area contributed by atoms with Gasteiger partial charge < -0.3 is 14.9 Å². The number of esters is 1. The Morgan fingerprint density at radius 2 is 1.89 bits per heavy atom. The van der Waals surface area contributed by atoms with Crippen LogP contribution in [0.4, 0.5) is 5.69 Å². The number of nitrogen functional groups attached to an aromatic ring is 1. The van der Waals surface area contributed by atoms with E-state index in [-0.39, 0.29) is 27.9 Å². The summed E-state index contributed by atoms with van der Waals surface area (Å²) in [5.74, 6) is -0.389. The van der Waals surface area contributed by atoms with E-state index in [1.165, 1.54) is 18.2 Å². The molecule has 0 bridgehead atoms. The fourth-order valence-corrected chi connectivity index (χ4v) is 3.60. The molecule has 0 aliphatic heterocycles. The Morgan fingerprint density at radius 3 is 2.57 bits per heavy atom. The highest BCUT2D eigenvalue weighted by atomic mass is 35.5. The van der Waals surface area contributed by atoms with Crippen LogP contribution in [-0.2, 0) is 11.3 Å². The second-order valence-electron chi connectivity index (χ2n) is 6.88. The van der Waals surface area contributed by atoms with Gasteiger partial charge in [-0.3, -0.25) is 0 Å². The van der Waals surface area contributed by atoms with Crippen molar-refractivity contribution in [2.75, 3.05) is 5.73 Å². The molecule has 28 heavy (non-hydrogen) atoms. The van der Waals surface area contributed by atoms with Crippen LogP contribution in [0, 0.1) is 6.92 Å². The van der Waals surface area contributed by atoms with E-state index in [1.807, 2.05) is 19.1 Å². The van der Waals surface area contributed by atoms with Crippen LogP contribution < -0.4 is 11.4 Å². The van der Waals surface area contributed by atoms with E-state index >= 15 is 0 Å². The third-order valence-corrected chi connectivity index (χ3v) is 5.04. The molecule has 146 valence electrons. The summed E-state index contributed by atoms with van der Waals surface area (Å²) in [7, 11) is 0. The van der Waals surface area contributed by atoms with E-state index in [2.05, 4.69) is 13.8 Å². The number of carbonyl (C=O) groups excluding carboxylic acids is 1. The Kier molecular flexibility index (Phi) is 5.68. The maximum Gasteiger partial charge on any atom is 0.340 e. The predicted molar refractivity (Wildman–Crippen MR) is 111 cm³/mol. The zero-order chi connectivity index (χ0) is 20.6. The average Bonchev–Trinajstić information content (AvgIpc) is 2.61. The van der Waals surface area contributed by atoms with Crippen molar-refractivity contribution in [1.82, 2.24) is 0 Å². The second-order valence-corrected chi connectivity index (χ2v) is 7.72. The summed E-state index contributed by atoms with van der Waals surface area (Å²) < 4.78 is 10.7. The van der Waals surface area contributed by atoms with Crippen molar-refractivity contribution in [2.24, 2.45) is 0 Å². The number of carbonyl (C=O) groups is 1. The Bertz CT molecular complexity index is 1140. The van der Waals surface area contributed by atoms with Crippen LogP contribution in [0.3, 0.4) is 0 Å². The number of rotatable bonds is 4. The zero-order valence-electron chi connectivity index (χ0n) is 15.6. The van der Waals surface area contributed by atoms with Gasteiger partial charge >= 0.3 is 11.6 Å². The molecule has 0 saturated carbocycles. The molecule has 1 aromatic heterocycles. The first kappa shape index (κ1) is 20.2. The second kappa shape index (κ2) is 7.86. The van der Waals surface area contributed by atoms with Crippen LogP contribution in [0.5, 0.6) is 0 Å². The van der Waals surface area contributed by atoms with Crippen molar-refractivity contribution in [1.29, 1.82) is 0 Å². The van der Waals surface area contributed by atoms with Gasteiger partial charge in [-0.15, -0.1) is 0 Å². The molecule has 3 aromatic rings. The molecule has 0 aliphatic rings. The molecule has 0 radical (unpaired) electrons. The summed E-state index contributed by atoms with van der Waals surface area (Å²) in [5.41, 5.74) is 8.65. The minimum absolute atomic E-state index is 0.0727. The molecular formula is C21H19Cl2NO4. The molecule has 1 heterocycles. The maximum atomic E-state index is 12.5. The summed E-state index contributed by atoms with van der Waals surface area (Å²) in [5, 5.41) is 1.16. The van der Waals surface area contributed by atoms with Crippen LogP contribution >= 0.6 is 23.2 Å². The fourth-order valence-electron chi connectivity index (χ4n) is 3.11. The molecule has 0 unspecified atom stereocenters. The first-order chi connectivity index (χ1) is 13.2. The minimum atomic E-state index is -0.681. The van der Waals surface area contributed by atoms with Crippen molar-refractivity contribution in [2.45, 2.75) is 33.3 Å². The predicted octanol–water partition coefficient (Wildman–Crippen LogP) is 5.47. The lowest BCUT2D eigenvalue weighted by atomic mass is 9.95. The van der Waals surface area contributed by atoms with Crippen LogP contribution in [0.25, 0.3) is 11.0 Å². The number of hydrogen-bond donors (Lipinski definition) is 1. The number of fused-ring (bicyclic) bond motifs is 1. The summed E-state index contributed by atoms with van der Waals surface area (Å²) in [4.78, 5) is 24.4. The van der Waals surface area contributed by atoms with Gasteiger partial charge in [0.1, 0.15) is 12.2 Å². The zero-order valence-corrected chi connectivity index (χ0v) is 17.1. The van der Waals surface area contributed by atoms with Crippen molar-refractivity contribution in [3.8, 4) is 0 Å². The average molecular weight is 420 g/mol. The summed E-state index contributed by atoms with van der Waals surface area (Å²) in [6.07, 6.45) is 0. The third-order valence-electron chi connectivity index (χ3n) is 4.51. The molecule has 0 spiro atoms. The molecule has 2 aromatic carbocycles. The van der Waals surface area contributed by atoms with Gasteiger partial charge in [0, 0.05) is 22.0 Å². The fraction of sp³-hybridized carbons (Fsp3) is 0.238. The smallest absolute Gasteiger partial charge is 0.340 e. The summed E-state index contributed by atoms with van der Waals surface area (Å²) in [6.45, 7) is 6.01. The van der Waals surface area contributed by atoms with Gasteiger partial charge in [-0.05, 0) is 48.2 Å². The Balaban J connectivity index is 1.97. The molecule has 2 N–H and O–H groups in total. The Morgan fingerprint density at radius 1 is 1.18 bits per heavy atom. The molecule has 0 fully saturated rings. The van der Waals surface area contributed by atoms with Crippen LogP contribution in [0.2, 0.25) is 10.0 Å². The van der Waals surface area contributed by atoms with Gasteiger partial charge in [-0.25, -0.2) is 9.59 Å². The quantitative estimate of drug-likeness (QED) is 0.344. The van der Waals surface area contributed by atoms with E-state index < -0.39 is 11.6 Å². The molecule has 0 atom stereocenters. The van der Waals surface area contributed by atoms with Crippen LogP contribution in [0.15, 0.2) is 39.5 Å². The van der Waals surface area contributed by atoms with Crippen LogP contribution in [-0.4, -0.2) is 5.97 Å². The van der Waals surface area contributed by atoms with Crippen molar-refractivity contribution in [3.63, 3.8) is 0 Å². The van der Waals surface area contributed by atoms with Crippen molar-refractivity contribution in [3.05, 3.63) is 73.1 Å². The molecule has 0 amide bonds. The van der Waals surface area contributed by atoms with Gasteiger partial charge in [-0.1, -0.05) is 37.0 Å². The van der Waals surface area contributed by atoms with E-state index in [0.29, 0.717) is 17.1 Å². The largest absolute Gasteiger partial charge is 0.457 e. The highest BCUT2D eigenvalue weighted by Gasteiger charge is 2.17. The number of aryl methyl sites for hydroxylation is 1. The van der Waals surface area contributed by atoms with E-state index in [9.17, 15) is 9.59 Å². The molecular weight excluding hydrogens is 401 g/mol. The molecule has 3 rings (SSSR count). The van der Waals surface area contributed by atoms with Gasteiger partial charge in [0.05, 0.1) is 16.3 Å². The van der Waals surface area contributed by atoms with Gasteiger partial charge in [0.25, 0.3) is 0 Å². The van der Waals surface area contributed by atoms with E-state index in [0.717, 1.165) is 16.5 Å². The minimum Gasteiger partial charge on any atom is -0.457 e. The Labute approximate surface area is 172 Å². The molecule has 0 aliphatic carbocycles. The summed E-state index contributed by atoms with van der Waals surface area (Å²) >= 11 is 11.9. The van der Waals surface area contributed by atoms with Gasteiger partial charge in [0.15, 0.2) is 0 Å². The van der Waals surface area contributed by atoms with E-state index in [4.69, 9.17) is 38.1 Å². The normalized spacial score (nSPS) is 11.2. The molecule has 7 heteroatoms. The number of anilines is 1. The highest BCUT2D eigenvalue weighted by Crippen LogP contribution is 2.29. The Hall–Kier alpha value is -2.50. The first-order valence-electron chi connectivity index (χ1n) is 8.66. The number of halogens is 2. The number of nitrogens with two attached hydrogens (primary N) is 1. The summed E-state index contributed by atoms with van der Waals surface area (Å²) in [6, 6.07) is 7.95. The highest BCUT2D eigenvalue weighted by molar-refractivity contribution is 6.37. The van der Waals surface area contributed by atoms with Gasteiger partial charge in [-0.2, -0.15) is 0 Å². The number of ether oxygens (including phenoxy) is 1. The van der Waals surface area contributed by atoms with Crippen molar-refractivity contribution < 1.29 is 13.9 Å².